The monoisotopic (exact) mass is 236 g/mol. The number of carboxylic acid groups (broad SMARTS) is 1. The van der Waals surface area contributed by atoms with Gasteiger partial charge in [-0.25, -0.2) is 9.78 Å². The first-order chi connectivity index (χ1) is 7.66. The largest absolute Gasteiger partial charge is 0.478 e. The van der Waals surface area contributed by atoms with Crippen molar-refractivity contribution in [3.63, 3.8) is 0 Å². The maximum atomic E-state index is 10.9. The van der Waals surface area contributed by atoms with Crippen LogP contribution >= 0.6 is 11.6 Å². The molecule has 1 N–H and O–H groups in total. The lowest BCUT2D eigenvalue weighted by molar-refractivity contribution is 0.0697. The first kappa shape index (κ1) is 9.66. The van der Waals surface area contributed by atoms with Crippen LogP contribution in [0.5, 0.6) is 0 Å². The first-order valence-electron chi connectivity index (χ1n) is 5.07. The van der Waals surface area contributed by atoms with E-state index < -0.39 is 5.97 Å². The average Bonchev–Trinajstić information content (AvgIpc) is 3.00. The highest BCUT2D eigenvalue weighted by molar-refractivity contribution is 6.29. The van der Waals surface area contributed by atoms with E-state index >= 15 is 0 Å². The molecule has 0 atom stereocenters. The van der Waals surface area contributed by atoms with Crippen molar-refractivity contribution in [1.82, 2.24) is 9.55 Å². The molecule has 2 aromatic rings. The summed E-state index contributed by atoms with van der Waals surface area (Å²) >= 11 is 6.04. The Morgan fingerprint density at radius 2 is 2.25 bits per heavy atom. The van der Waals surface area contributed by atoms with E-state index in [4.69, 9.17) is 16.7 Å². The van der Waals surface area contributed by atoms with E-state index in [-0.39, 0.29) is 5.56 Å². The number of hydrogen-bond acceptors (Lipinski definition) is 2. The van der Waals surface area contributed by atoms with Gasteiger partial charge in [0.15, 0.2) is 0 Å². The average molecular weight is 237 g/mol. The van der Waals surface area contributed by atoms with Gasteiger partial charge in [-0.2, -0.15) is 0 Å². The van der Waals surface area contributed by atoms with Crippen LogP contribution in [0.4, 0.5) is 0 Å². The minimum Gasteiger partial charge on any atom is -0.478 e. The van der Waals surface area contributed by atoms with Crippen LogP contribution in [0.3, 0.4) is 0 Å². The molecule has 1 aliphatic carbocycles. The fourth-order valence-electron chi connectivity index (χ4n) is 1.88. The van der Waals surface area contributed by atoms with E-state index in [2.05, 4.69) is 4.98 Å². The molecule has 1 aromatic carbocycles. The van der Waals surface area contributed by atoms with Gasteiger partial charge in [-0.3, -0.25) is 0 Å². The summed E-state index contributed by atoms with van der Waals surface area (Å²) < 4.78 is 1.92. The second-order valence-electron chi connectivity index (χ2n) is 3.99. The molecule has 0 bridgehead atoms. The Morgan fingerprint density at radius 3 is 2.88 bits per heavy atom. The quantitative estimate of drug-likeness (QED) is 0.872. The van der Waals surface area contributed by atoms with Crippen LogP contribution < -0.4 is 0 Å². The zero-order chi connectivity index (χ0) is 11.3. The molecular formula is C11H9ClN2O2. The molecule has 0 saturated heterocycles. The molecule has 0 spiro atoms. The number of halogens is 1. The molecule has 5 heteroatoms. The second kappa shape index (κ2) is 3.22. The highest BCUT2D eigenvalue weighted by Gasteiger charge is 2.27. The van der Waals surface area contributed by atoms with Gasteiger partial charge in [-0.05, 0) is 42.6 Å². The summed E-state index contributed by atoms with van der Waals surface area (Å²) in [6.07, 6.45) is 2.17. The van der Waals surface area contributed by atoms with Gasteiger partial charge >= 0.3 is 5.97 Å². The maximum Gasteiger partial charge on any atom is 0.335 e. The molecule has 1 aromatic heterocycles. The van der Waals surface area contributed by atoms with Crippen LogP contribution in [0.1, 0.15) is 29.2 Å². The van der Waals surface area contributed by atoms with Crippen LogP contribution in [0.15, 0.2) is 18.2 Å². The molecule has 0 unspecified atom stereocenters. The van der Waals surface area contributed by atoms with Crippen molar-refractivity contribution in [2.75, 3.05) is 0 Å². The Labute approximate surface area is 96.5 Å². The van der Waals surface area contributed by atoms with Crippen LogP contribution in [0, 0.1) is 0 Å². The van der Waals surface area contributed by atoms with Crippen molar-refractivity contribution < 1.29 is 9.90 Å². The normalized spacial score (nSPS) is 15.6. The zero-order valence-corrected chi connectivity index (χ0v) is 9.11. The number of fused-ring (bicyclic) bond motifs is 1. The smallest absolute Gasteiger partial charge is 0.335 e. The molecular weight excluding hydrogens is 228 g/mol. The van der Waals surface area contributed by atoms with Crippen LogP contribution in [0.25, 0.3) is 11.0 Å². The molecule has 16 heavy (non-hydrogen) atoms. The van der Waals surface area contributed by atoms with E-state index in [1.54, 1.807) is 18.2 Å². The van der Waals surface area contributed by atoms with Crippen molar-refractivity contribution >= 4 is 28.6 Å². The summed E-state index contributed by atoms with van der Waals surface area (Å²) in [4.78, 5) is 15.1. The number of imidazole rings is 1. The fourth-order valence-corrected chi connectivity index (χ4v) is 2.20. The molecule has 1 aliphatic rings. The number of nitrogens with zero attached hydrogens (tertiary/aromatic N) is 2. The topological polar surface area (TPSA) is 55.1 Å². The second-order valence-corrected chi connectivity index (χ2v) is 4.33. The van der Waals surface area contributed by atoms with Crippen LogP contribution in [0.2, 0.25) is 5.28 Å². The highest BCUT2D eigenvalue weighted by atomic mass is 35.5. The van der Waals surface area contributed by atoms with E-state index in [0.29, 0.717) is 11.3 Å². The van der Waals surface area contributed by atoms with Crippen molar-refractivity contribution in [2.45, 2.75) is 18.9 Å². The van der Waals surface area contributed by atoms with E-state index in [0.717, 1.165) is 23.9 Å². The summed E-state index contributed by atoms with van der Waals surface area (Å²) in [6, 6.07) is 5.27. The molecule has 0 radical (unpaired) electrons. The predicted octanol–water partition coefficient (Wildman–Crippen LogP) is 2.72. The van der Waals surface area contributed by atoms with Crippen molar-refractivity contribution in [3.8, 4) is 0 Å². The Morgan fingerprint density at radius 1 is 1.50 bits per heavy atom. The lowest BCUT2D eigenvalue weighted by Crippen LogP contribution is -1.98. The number of carboxylic acids is 1. The Balaban J connectivity index is 2.27. The van der Waals surface area contributed by atoms with Gasteiger partial charge in [0.05, 0.1) is 16.6 Å². The van der Waals surface area contributed by atoms with Crippen molar-refractivity contribution in [2.24, 2.45) is 0 Å². The third-order valence-electron chi connectivity index (χ3n) is 2.81. The summed E-state index contributed by atoms with van der Waals surface area (Å²) in [5, 5.41) is 9.38. The molecule has 1 heterocycles. The summed E-state index contributed by atoms with van der Waals surface area (Å²) in [6.45, 7) is 0. The van der Waals surface area contributed by atoms with E-state index in [9.17, 15) is 4.79 Å². The number of aromatic carboxylic acids is 1. The maximum absolute atomic E-state index is 10.9. The predicted molar refractivity (Wildman–Crippen MR) is 60.0 cm³/mol. The lowest BCUT2D eigenvalue weighted by Gasteiger charge is -2.02. The molecule has 0 aliphatic heterocycles. The number of hydrogen-bond donors (Lipinski definition) is 1. The third kappa shape index (κ3) is 1.38. The van der Waals surface area contributed by atoms with Crippen molar-refractivity contribution in [1.29, 1.82) is 0 Å². The SMILES string of the molecule is O=C(O)c1ccc2nc(Cl)n(C3CC3)c2c1. The molecule has 82 valence electrons. The van der Waals surface area contributed by atoms with Gasteiger partial charge in [0.25, 0.3) is 0 Å². The first-order valence-corrected chi connectivity index (χ1v) is 5.45. The van der Waals surface area contributed by atoms with Gasteiger partial charge in [0.2, 0.25) is 5.28 Å². The van der Waals surface area contributed by atoms with Crippen LogP contribution in [-0.4, -0.2) is 20.6 Å². The van der Waals surface area contributed by atoms with Gasteiger partial charge in [-0.1, -0.05) is 0 Å². The van der Waals surface area contributed by atoms with E-state index in [1.807, 2.05) is 4.57 Å². The van der Waals surface area contributed by atoms with Gasteiger partial charge < -0.3 is 9.67 Å². The standard InChI is InChI=1S/C11H9ClN2O2/c12-11-13-8-4-1-6(10(15)16)5-9(8)14(11)7-2-3-7/h1,4-5,7H,2-3H2,(H,15,16). The molecule has 4 nitrogen and oxygen atoms in total. The van der Waals surface area contributed by atoms with Gasteiger partial charge in [-0.15, -0.1) is 0 Å². The third-order valence-corrected chi connectivity index (χ3v) is 3.07. The summed E-state index contributed by atoms with van der Waals surface area (Å²) in [5.41, 5.74) is 1.83. The molecule has 1 fully saturated rings. The minimum atomic E-state index is -0.929. The Bertz CT molecular complexity index is 587. The Kier molecular flexibility index (Phi) is 1.94. The number of aromatic nitrogens is 2. The van der Waals surface area contributed by atoms with Crippen molar-refractivity contribution in [3.05, 3.63) is 29.0 Å². The highest BCUT2D eigenvalue weighted by Crippen LogP contribution is 2.40. The lowest BCUT2D eigenvalue weighted by atomic mass is 10.2. The zero-order valence-electron chi connectivity index (χ0n) is 8.35. The van der Waals surface area contributed by atoms with Crippen LogP contribution in [-0.2, 0) is 0 Å². The number of benzene rings is 1. The number of rotatable bonds is 2. The minimum absolute atomic E-state index is 0.269. The molecule has 1 saturated carbocycles. The van der Waals surface area contributed by atoms with E-state index in [1.165, 1.54) is 0 Å². The summed E-state index contributed by atoms with van der Waals surface area (Å²) in [5.74, 6) is -0.929. The van der Waals surface area contributed by atoms with Gasteiger partial charge in [0.1, 0.15) is 0 Å². The number of carbonyl (C=O) groups is 1. The molecule has 0 amide bonds. The Hall–Kier alpha value is -1.55. The van der Waals surface area contributed by atoms with Gasteiger partial charge in [0, 0.05) is 6.04 Å². The summed E-state index contributed by atoms with van der Waals surface area (Å²) in [7, 11) is 0. The fraction of sp³-hybridized carbons (Fsp3) is 0.273. The molecule has 3 rings (SSSR count).